The molecule has 1 aromatic rings. The fraction of sp³-hybridized carbons (Fsp3) is 0.385. The molecule has 20 heavy (non-hydrogen) atoms. The maximum Gasteiger partial charge on any atom is 0.316 e. The van der Waals surface area contributed by atoms with E-state index in [4.69, 9.17) is 16.2 Å². The highest BCUT2D eigenvalue weighted by Gasteiger charge is 2.18. The topological polar surface area (TPSA) is 95.4 Å². The molecular formula is C13H17FN2O3S. The van der Waals surface area contributed by atoms with Gasteiger partial charge in [-0.3, -0.25) is 9.59 Å². The summed E-state index contributed by atoms with van der Waals surface area (Å²) in [5, 5.41) is 0. The van der Waals surface area contributed by atoms with Crippen molar-refractivity contribution in [3.63, 3.8) is 0 Å². The van der Waals surface area contributed by atoms with Crippen LogP contribution in [0.3, 0.4) is 0 Å². The first-order chi connectivity index (χ1) is 9.10. The van der Waals surface area contributed by atoms with Gasteiger partial charge in [0.2, 0.25) is 0 Å². The molecular weight excluding hydrogens is 283 g/mol. The first-order valence-corrected chi connectivity index (χ1v) is 6.82. The van der Waals surface area contributed by atoms with Crippen LogP contribution in [0.15, 0.2) is 17.0 Å². The zero-order chi connectivity index (χ0) is 15.5. The van der Waals surface area contributed by atoms with Crippen LogP contribution in [-0.2, 0) is 9.53 Å². The number of halogens is 1. The van der Waals surface area contributed by atoms with Crippen LogP contribution in [-0.4, -0.2) is 23.2 Å². The number of carbonyl (C=O) groups excluding carboxylic acids is 2. The summed E-state index contributed by atoms with van der Waals surface area (Å²) in [5.74, 6) is -1.90. The van der Waals surface area contributed by atoms with Crippen molar-refractivity contribution in [2.24, 2.45) is 5.73 Å². The highest BCUT2D eigenvalue weighted by molar-refractivity contribution is 8.00. The van der Waals surface area contributed by atoms with E-state index in [9.17, 15) is 14.0 Å². The fourth-order valence-electron chi connectivity index (χ4n) is 1.40. The van der Waals surface area contributed by atoms with Crippen LogP contribution in [0.25, 0.3) is 0 Å². The van der Waals surface area contributed by atoms with Crippen LogP contribution in [0.5, 0.6) is 0 Å². The maximum atomic E-state index is 13.7. The summed E-state index contributed by atoms with van der Waals surface area (Å²) in [7, 11) is 0. The molecule has 1 rings (SSSR count). The standard InChI is InChI=1S/C13H17FN2O3S/c1-13(2,3)19-11(17)6-20-10-4-7(12(16)18)9(15)5-8(10)14/h4-5H,6,15H2,1-3H3,(H2,16,18). The molecule has 110 valence electrons. The van der Waals surface area contributed by atoms with Crippen molar-refractivity contribution in [1.29, 1.82) is 0 Å². The molecule has 0 radical (unpaired) electrons. The lowest BCUT2D eigenvalue weighted by molar-refractivity contribution is -0.151. The summed E-state index contributed by atoms with van der Waals surface area (Å²) >= 11 is 0.923. The van der Waals surface area contributed by atoms with Gasteiger partial charge in [-0.15, -0.1) is 11.8 Å². The van der Waals surface area contributed by atoms with E-state index in [1.165, 1.54) is 6.07 Å². The van der Waals surface area contributed by atoms with E-state index >= 15 is 0 Å². The zero-order valence-corrected chi connectivity index (χ0v) is 12.3. The van der Waals surface area contributed by atoms with E-state index in [-0.39, 0.29) is 21.9 Å². The van der Waals surface area contributed by atoms with Gasteiger partial charge in [-0.2, -0.15) is 0 Å². The number of carbonyl (C=O) groups is 2. The number of benzene rings is 1. The highest BCUT2D eigenvalue weighted by Crippen LogP contribution is 2.27. The van der Waals surface area contributed by atoms with Crippen molar-refractivity contribution in [2.45, 2.75) is 31.3 Å². The lowest BCUT2D eigenvalue weighted by Gasteiger charge is -2.19. The molecule has 0 saturated heterocycles. The molecule has 0 spiro atoms. The summed E-state index contributed by atoms with van der Waals surface area (Å²) in [5.41, 5.74) is 10.0. The molecule has 1 amide bonds. The van der Waals surface area contributed by atoms with Gasteiger partial charge in [-0.05, 0) is 32.9 Å². The Labute approximate surface area is 120 Å². The Morgan fingerprint density at radius 1 is 1.35 bits per heavy atom. The Kier molecular flexibility index (Phi) is 4.99. The largest absolute Gasteiger partial charge is 0.459 e. The van der Waals surface area contributed by atoms with E-state index < -0.39 is 23.3 Å². The molecule has 0 aromatic heterocycles. The molecule has 0 unspecified atom stereocenters. The van der Waals surface area contributed by atoms with Crippen LogP contribution < -0.4 is 11.5 Å². The molecule has 0 atom stereocenters. The number of hydrogen-bond donors (Lipinski definition) is 2. The Hall–Kier alpha value is -1.76. The molecule has 0 saturated carbocycles. The zero-order valence-electron chi connectivity index (χ0n) is 11.5. The number of anilines is 1. The third-order valence-corrected chi connectivity index (χ3v) is 3.14. The average molecular weight is 300 g/mol. The van der Waals surface area contributed by atoms with E-state index in [1.807, 2.05) is 0 Å². The van der Waals surface area contributed by atoms with Gasteiger partial charge in [0.1, 0.15) is 11.4 Å². The second kappa shape index (κ2) is 6.13. The molecule has 0 aliphatic carbocycles. The van der Waals surface area contributed by atoms with Crippen LogP contribution in [0.4, 0.5) is 10.1 Å². The summed E-state index contributed by atoms with van der Waals surface area (Å²) in [4.78, 5) is 22.8. The van der Waals surface area contributed by atoms with Gasteiger partial charge in [-0.25, -0.2) is 4.39 Å². The van der Waals surface area contributed by atoms with Crippen molar-refractivity contribution in [2.75, 3.05) is 11.5 Å². The molecule has 4 N–H and O–H groups in total. The SMILES string of the molecule is CC(C)(C)OC(=O)CSc1cc(C(N)=O)c(N)cc1F. The van der Waals surface area contributed by atoms with Crippen LogP contribution in [0.1, 0.15) is 31.1 Å². The first kappa shape index (κ1) is 16.3. The van der Waals surface area contributed by atoms with Gasteiger partial charge in [0.25, 0.3) is 5.91 Å². The van der Waals surface area contributed by atoms with Crippen molar-refractivity contribution in [3.05, 3.63) is 23.5 Å². The average Bonchev–Trinajstić information content (AvgIpc) is 2.24. The van der Waals surface area contributed by atoms with Gasteiger partial charge < -0.3 is 16.2 Å². The minimum atomic E-state index is -0.749. The molecule has 0 bridgehead atoms. The Bertz CT molecular complexity index is 541. The van der Waals surface area contributed by atoms with Crippen molar-refractivity contribution < 1.29 is 18.7 Å². The highest BCUT2D eigenvalue weighted by atomic mass is 32.2. The summed E-state index contributed by atoms with van der Waals surface area (Å²) in [6.07, 6.45) is 0. The van der Waals surface area contributed by atoms with Gasteiger partial charge in [0.15, 0.2) is 0 Å². The summed E-state index contributed by atoms with van der Waals surface area (Å²) < 4.78 is 18.8. The molecule has 0 aliphatic rings. The molecule has 0 fully saturated rings. The normalized spacial score (nSPS) is 11.2. The Morgan fingerprint density at radius 2 is 1.95 bits per heavy atom. The smallest absolute Gasteiger partial charge is 0.316 e. The number of esters is 1. The molecule has 7 heteroatoms. The third-order valence-electron chi connectivity index (χ3n) is 2.14. The lowest BCUT2D eigenvalue weighted by atomic mass is 10.1. The maximum absolute atomic E-state index is 13.7. The van der Waals surface area contributed by atoms with Crippen molar-refractivity contribution in [1.82, 2.24) is 0 Å². The number of amides is 1. The van der Waals surface area contributed by atoms with Gasteiger partial charge in [0, 0.05) is 10.6 Å². The number of nitrogens with two attached hydrogens (primary N) is 2. The quantitative estimate of drug-likeness (QED) is 0.503. The fourth-order valence-corrected chi connectivity index (χ4v) is 2.13. The monoisotopic (exact) mass is 300 g/mol. The minimum Gasteiger partial charge on any atom is -0.459 e. The van der Waals surface area contributed by atoms with Crippen LogP contribution >= 0.6 is 11.8 Å². The second-order valence-corrected chi connectivity index (χ2v) is 6.13. The number of thioether (sulfide) groups is 1. The number of primary amides is 1. The number of nitrogen functional groups attached to an aromatic ring is 1. The summed E-state index contributed by atoms with van der Waals surface area (Å²) in [6, 6.07) is 2.25. The van der Waals surface area contributed by atoms with Crippen LogP contribution in [0.2, 0.25) is 0 Å². The Balaban J connectivity index is 2.81. The van der Waals surface area contributed by atoms with E-state index in [2.05, 4.69) is 0 Å². The molecule has 0 heterocycles. The molecule has 1 aromatic carbocycles. The van der Waals surface area contributed by atoms with Crippen LogP contribution in [0, 0.1) is 5.82 Å². The van der Waals surface area contributed by atoms with E-state index in [1.54, 1.807) is 20.8 Å². The molecule has 0 aliphatic heterocycles. The number of hydrogen-bond acceptors (Lipinski definition) is 5. The third kappa shape index (κ3) is 4.73. The Morgan fingerprint density at radius 3 is 2.45 bits per heavy atom. The van der Waals surface area contributed by atoms with Crippen molar-refractivity contribution in [3.8, 4) is 0 Å². The number of rotatable bonds is 4. The number of ether oxygens (including phenoxy) is 1. The van der Waals surface area contributed by atoms with E-state index in [0.29, 0.717) is 0 Å². The summed E-state index contributed by atoms with van der Waals surface area (Å²) in [6.45, 7) is 5.22. The van der Waals surface area contributed by atoms with Gasteiger partial charge in [-0.1, -0.05) is 0 Å². The second-order valence-electron chi connectivity index (χ2n) is 5.11. The molecule has 5 nitrogen and oxygen atoms in total. The van der Waals surface area contributed by atoms with Crippen molar-refractivity contribution >= 4 is 29.3 Å². The minimum absolute atomic E-state index is 0.0260. The predicted molar refractivity (Wildman–Crippen MR) is 75.9 cm³/mol. The van der Waals surface area contributed by atoms with Gasteiger partial charge in [0.05, 0.1) is 11.3 Å². The lowest BCUT2D eigenvalue weighted by Crippen LogP contribution is -2.25. The predicted octanol–water partition coefficient (Wildman–Crippen LogP) is 1.94. The van der Waals surface area contributed by atoms with E-state index in [0.717, 1.165) is 17.8 Å². The first-order valence-electron chi connectivity index (χ1n) is 5.83. The van der Waals surface area contributed by atoms with Gasteiger partial charge >= 0.3 is 5.97 Å².